The molecule has 0 aromatic carbocycles. The van der Waals surface area contributed by atoms with Crippen LogP contribution in [0.25, 0.3) is 5.57 Å². The topological polar surface area (TPSA) is 28.5 Å². The van der Waals surface area contributed by atoms with Crippen LogP contribution in [0.4, 0.5) is 4.39 Å². The van der Waals surface area contributed by atoms with Gasteiger partial charge in [-0.15, -0.1) is 5.10 Å². The molecule has 0 saturated carbocycles. The summed E-state index contributed by atoms with van der Waals surface area (Å²) >= 11 is 16.8. The third-order valence-corrected chi connectivity index (χ3v) is 2.15. The monoisotopic (exact) mass is 281 g/mol. The molecule has 0 aliphatic carbocycles. The van der Waals surface area contributed by atoms with E-state index in [9.17, 15) is 4.39 Å². The Balaban J connectivity index is 3.06. The fraction of sp³-hybridized carbons (Fsp3) is 0.111. The van der Waals surface area contributed by atoms with E-state index in [4.69, 9.17) is 35.0 Å². The van der Waals surface area contributed by atoms with Crippen molar-refractivity contribution in [3.8, 4) is 0 Å². The van der Waals surface area contributed by atoms with Gasteiger partial charge in [0.2, 0.25) is 0 Å². The molecule has 0 amide bonds. The predicted octanol–water partition coefficient (Wildman–Crippen LogP) is 3.53. The zero-order valence-electron chi connectivity index (χ0n) is 8.22. The smallest absolute Gasteiger partial charge is 0.159 e. The van der Waals surface area contributed by atoms with Gasteiger partial charge in [0.15, 0.2) is 11.0 Å². The summed E-state index contributed by atoms with van der Waals surface area (Å²) in [6.45, 7) is 3.57. The molecule has 0 fully saturated rings. The lowest BCUT2D eigenvalue weighted by molar-refractivity contribution is 0.597. The molecule has 1 heterocycles. The summed E-state index contributed by atoms with van der Waals surface area (Å²) < 4.78 is 14.4. The van der Waals surface area contributed by atoms with E-state index in [1.807, 2.05) is 0 Å². The van der Waals surface area contributed by atoms with Crippen molar-refractivity contribution in [3.05, 3.63) is 35.4 Å². The predicted molar refractivity (Wildman–Crippen MR) is 65.1 cm³/mol. The van der Waals surface area contributed by atoms with Crippen molar-refractivity contribution in [2.75, 3.05) is 7.05 Å². The maximum atomic E-state index is 13.4. The molecular weight excluding hydrogens is 275 g/mol. The molecule has 0 spiro atoms. The number of halogens is 4. The summed E-state index contributed by atoms with van der Waals surface area (Å²) in [6.07, 6.45) is 1.29. The summed E-state index contributed by atoms with van der Waals surface area (Å²) in [6, 6.07) is 1.11. The zero-order chi connectivity index (χ0) is 12.3. The molecule has 0 bridgehead atoms. The molecule has 0 saturated heterocycles. The number of aromatic nitrogens is 1. The van der Waals surface area contributed by atoms with E-state index in [1.54, 1.807) is 0 Å². The highest BCUT2D eigenvalue weighted by molar-refractivity contribution is 6.76. The first-order valence-corrected chi connectivity index (χ1v) is 5.15. The van der Waals surface area contributed by atoms with Crippen LogP contribution in [-0.2, 0) is 0 Å². The van der Waals surface area contributed by atoms with E-state index in [-0.39, 0.29) is 21.5 Å². The third kappa shape index (κ3) is 3.33. The summed E-state index contributed by atoms with van der Waals surface area (Å²) in [5.41, 5.74) is 0.111. The van der Waals surface area contributed by atoms with Crippen molar-refractivity contribution in [2.24, 2.45) is 5.10 Å². The van der Waals surface area contributed by atoms with E-state index >= 15 is 0 Å². The fourth-order valence-corrected chi connectivity index (χ4v) is 1.38. The summed E-state index contributed by atoms with van der Waals surface area (Å²) in [5, 5.41) is 3.80. The van der Waals surface area contributed by atoms with Gasteiger partial charge in [-0.1, -0.05) is 29.8 Å². The molecule has 0 aliphatic heterocycles. The van der Waals surface area contributed by atoms with E-state index in [1.165, 1.54) is 13.2 Å². The molecule has 1 aromatic rings. The Morgan fingerprint density at radius 3 is 2.75 bits per heavy atom. The lowest BCUT2D eigenvalue weighted by Gasteiger charge is -2.06. The highest BCUT2D eigenvalue weighted by Crippen LogP contribution is 2.20. The van der Waals surface area contributed by atoms with Gasteiger partial charge in [0.05, 0.1) is 5.02 Å². The Morgan fingerprint density at radius 1 is 1.62 bits per heavy atom. The minimum Gasteiger partial charge on any atom is -0.252 e. The molecule has 3 nitrogen and oxygen atoms in total. The lowest BCUT2D eigenvalue weighted by Crippen LogP contribution is -2.03. The number of hydrogen-bond acceptors (Lipinski definition) is 3. The van der Waals surface area contributed by atoms with Gasteiger partial charge in [0.25, 0.3) is 0 Å². The summed E-state index contributed by atoms with van der Waals surface area (Å²) in [4.78, 5) is 3.77. The molecule has 1 rings (SSSR count). The quantitative estimate of drug-likeness (QED) is 0.482. The van der Waals surface area contributed by atoms with Crippen molar-refractivity contribution in [2.45, 2.75) is 0 Å². The Labute approximate surface area is 107 Å². The maximum Gasteiger partial charge on any atom is 0.159 e. The van der Waals surface area contributed by atoms with Crippen LogP contribution in [0.5, 0.6) is 0 Å². The molecule has 7 heteroatoms. The Morgan fingerprint density at radius 2 is 2.25 bits per heavy atom. The van der Waals surface area contributed by atoms with Crippen LogP contribution < -0.4 is 0 Å². The maximum absolute atomic E-state index is 13.4. The van der Waals surface area contributed by atoms with Crippen molar-refractivity contribution in [1.82, 2.24) is 9.51 Å². The average molecular weight is 283 g/mol. The molecule has 0 radical (unpaired) electrons. The number of hydrazone groups is 1. The number of pyridine rings is 1. The van der Waals surface area contributed by atoms with Gasteiger partial charge in [-0.2, -0.15) is 0 Å². The van der Waals surface area contributed by atoms with Gasteiger partial charge in [-0.05, 0) is 6.07 Å². The van der Waals surface area contributed by atoms with Crippen LogP contribution in [0.3, 0.4) is 0 Å². The Kier molecular flexibility index (Phi) is 4.53. The van der Waals surface area contributed by atoms with Crippen LogP contribution in [-0.4, -0.2) is 21.7 Å². The van der Waals surface area contributed by atoms with Crippen LogP contribution in [0.2, 0.25) is 5.02 Å². The third-order valence-electron chi connectivity index (χ3n) is 1.57. The summed E-state index contributed by atoms with van der Waals surface area (Å²) in [5.74, 6) is -0.622. The van der Waals surface area contributed by atoms with Gasteiger partial charge < -0.3 is 0 Å². The first kappa shape index (κ1) is 13.2. The van der Waals surface area contributed by atoms with E-state index < -0.39 is 5.82 Å². The number of allylic oxidation sites excluding steroid dienone is 1. The number of rotatable bonds is 3. The molecule has 0 aliphatic rings. The largest absolute Gasteiger partial charge is 0.252 e. The second-order valence-electron chi connectivity index (χ2n) is 2.80. The van der Waals surface area contributed by atoms with Gasteiger partial charge in [-0.25, -0.2) is 8.92 Å². The van der Waals surface area contributed by atoms with E-state index in [2.05, 4.69) is 16.7 Å². The minimum atomic E-state index is -0.622. The average Bonchev–Trinajstić information content (AvgIpc) is 2.15. The fourth-order valence-electron chi connectivity index (χ4n) is 0.916. The summed E-state index contributed by atoms with van der Waals surface area (Å²) in [7, 11) is 1.46. The molecule has 0 atom stereocenters. The standard InChI is InChI=1S/C9H7Cl3FN3/c1-5(9(11)15-16(2)12)8-7(13)3-6(10)4-14-8/h3-4H,1H2,2H3/b15-9+. The van der Waals surface area contributed by atoms with E-state index in [0.717, 1.165) is 10.6 Å². The van der Waals surface area contributed by atoms with Crippen LogP contribution in [0.15, 0.2) is 23.9 Å². The number of hydrogen-bond donors (Lipinski definition) is 0. The first-order valence-electron chi connectivity index (χ1n) is 4.06. The molecule has 86 valence electrons. The van der Waals surface area contributed by atoms with Crippen LogP contribution in [0.1, 0.15) is 5.69 Å². The highest BCUT2D eigenvalue weighted by Gasteiger charge is 2.13. The Bertz CT molecular complexity index is 446. The second-order valence-corrected chi connectivity index (χ2v) is 4.08. The highest BCUT2D eigenvalue weighted by atomic mass is 35.5. The molecule has 0 unspecified atom stereocenters. The number of nitrogens with zero attached hydrogens (tertiary/aromatic N) is 3. The van der Waals surface area contributed by atoms with Gasteiger partial charge in [0.1, 0.15) is 5.69 Å². The van der Waals surface area contributed by atoms with Crippen LogP contribution >= 0.6 is 35.0 Å². The first-order chi connectivity index (χ1) is 7.41. The van der Waals surface area contributed by atoms with Gasteiger partial charge >= 0.3 is 0 Å². The van der Waals surface area contributed by atoms with Crippen molar-refractivity contribution in [3.63, 3.8) is 0 Å². The Hall–Kier alpha value is -0.840. The molecule has 1 aromatic heterocycles. The van der Waals surface area contributed by atoms with E-state index in [0.29, 0.717) is 0 Å². The molecule has 16 heavy (non-hydrogen) atoms. The van der Waals surface area contributed by atoms with Crippen molar-refractivity contribution < 1.29 is 4.39 Å². The lowest BCUT2D eigenvalue weighted by atomic mass is 10.2. The van der Waals surface area contributed by atoms with Crippen LogP contribution in [0, 0.1) is 5.82 Å². The normalized spacial score (nSPS) is 11.4. The van der Waals surface area contributed by atoms with Gasteiger partial charge in [-0.3, -0.25) is 4.98 Å². The minimum absolute atomic E-state index is 0.0170. The van der Waals surface area contributed by atoms with Crippen molar-refractivity contribution in [1.29, 1.82) is 0 Å². The molecule has 0 N–H and O–H groups in total. The zero-order valence-corrected chi connectivity index (χ0v) is 10.5. The molecular formula is C9H7Cl3FN3. The second kappa shape index (κ2) is 5.48. The SMILES string of the molecule is C=C(/C(Cl)=N\N(C)Cl)c1ncc(Cl)cc1F. The van der Waals surface area contributed by atoms with Gasteiger partial charge in [0, 0.05) is 30.6 Å². The van der Waals surface area contributed by atoms with Crippen molar-refractivity contribution >= 4 is 45.7 Å².